The molecule has 0 aliphatic heterocycles. The van der Waals surface area contributed by atoms with Crippen LogP contribution in [0.2, 0.25) is 0 Å². The van der Waals surface area contributed by atoms with E-state index < -0.39 is 24.2 Å². The van der Waals surface area contributed by atoms with Gasteiger partial charge >= 0.3 is 6.18 Å². The molecule has 1 N–H and O–H groups in total. The fourth-order valence-electron chi connectivity index (χ4n) is 2.71. The van der Waals surface area contributed by atoms with Crippen LogP contribution >= 0.6 is 0 Å². The van der Waals surface area contributed by atoms with Gasteiger partial charge in [0.25, 0.3) is 0 Å². The van der Waals surface area contributed by atoms with Gasteiger partial charge in [-0.05, 0) is 47.2 Å². The summed E-state index contributed by atoms with van der Waals surface area (Å²) in [5, 5.41) is 9.53. The second-order valence-electron chi connectivity index (χ2n) is 5.91. The minimum Gasteiger partial charge on any atom is -0.496 e. The SMILES string of the molecule is CCC(C)c1cc(-c2ccc(C(F)(F)F)cc2CO)c(OC)cc1F. The molecule has 0 aliphatic carbocycles. The number of rotatable bonds is 5. The molecule has 2 aromatic carbocycles. The van der Waals surface area contributed by atoms with Crippen LogP contribution in [0, 0.1) is 5.82 Å². The van der Waals surface area contributed by atoms with E-state index in [9.17, 15) is 22.7 Å². The number of alkyl halides is 3. The molecule has 0 bridgehead atoms. The molecule has 0 spiro atoms. The molecule has 1 atom stereocenters. The molecule has 2 aromatic rings. The van der Waals surface area contributed by atoms with Gasteiger partial charge < -0.3 is 9.84 Å². The van der Waals surface area contributed by atoms with E-state index in [1.54, 1.807) is 6.07 Å². The van der Waals surface area contributed by atoms with Crippen molar-refractivity contribution in [3.63, 3.8) is 0 Å². The van der Waals surface area contributed by atoms with Crippen LogP contribution in [0.1, 0.15) is 42.9 Å². The third-order valence-corrected chi connectivity index (χ3v) is 4.36. The lowest BCUT2D eigenvalue weighted by Crippen LogP contribution is -2.06. The topological polar surface area (TPSA) is 29.5 Å². The molecule has 0 amide bonds. The summed E-state index contributed by atoms with van der Waals surface area (Å²) in [4.78, 5) is 0. The van der Waals surface area contributed by atoms with Gasteiger partial charge in [0.1, 0.15) is 11.6 Å². The Bertz CT molecular complexity index is 754. The molecule has 0 fully saturated rings. The summed E-state index contributed by atoms with van der Waals surface area (Å²) in [5.74, 6) is -0.275. The average molecular weight is 356 g/mol. The minimum absolute atomic E-state index is 0.0586. The van der Waals surface area contributed by atoms with Gasteiger partial charge in [0.2, 0.25) is 0 Å². The number of halogens is 4. The van der Waals surface area contributed by atoms with Crippen molar-refractivity contribution in [2.24, 2.45) is 0 Å². The lowest BCUT2D eigenvalue weighted by atomic mass is 9.91. The van der Waals surface area contributed by atoms with Crippen LogP contribution < -0.4 is 4.74 Å². The summed E-state index contributed by atoms with van der Waals surface area (Å²) in [7, 11) is 1.36. The van der Waals surface area contributed by atoms with E-state index in [1.165, 1.54) is 19.2 Å². The highest BCUT2D eigenvalue weighted by molar-refractivity contribution is 5.74. The molecule has 0 heterocycles. The van der Waals surface area contributed by atoms with Crippen molar-refractivity contribution in [2.75, 3.05) is 7.11 Å². The quantitative estimate of drug-likeness (QED) is 0.714. The third kappa shape index (κ3) is 3.95. The van der Waals surface area contributed by atoms with Gasteiger partial charge in [-0.1, -0.05) is 19.9 Å². The number of benzene rings is 2. The summed E-state index contributed by atoms with van der Waals surface area (Å²) >= 11 is 0. The molecular formula is C19H20F4O2. The Morgan fingerprint density at radius 1 is 1.12 bits per heavy atom. The fraction of sp³-hybridized carbons (Fsp3) is 0.368. The van der Waals surface area contributed by atoms with Gasteiger partial charge in [0.15, 0.2) is 0 Å². The van der Waals surface area contributed by atoms with Crippen LogP contribution in [0.4, 0.5) is 17.6 Å². The second-order valence-corrected chi connectivity index (χ2v) is 5.91. The van der Waals surface area contributed by atoms with Gasteiger partial charge in [0.05, 0.1) is 19.3 Å². The maximum absolute atomic E-state index is 14.3. The first-order valence-corrected chi connectivity index (χ1v) is 7.91. The average Bonchev–Trinajstić information content (AvgIpc) is 2.59. The van der Waals surface area contributed by atoms with E-state index >= 15 is 0 Å². The van der Waals surface area contributed by atoms with Crippen LogP contribution in [-0.2, 0) is 12.8 Å². The summed E-state index contributed by atoms with van der Waals surface area (Å²) in [6.45, 7) is 3.22. The van der Waals surface area contributed by atoms with Gasteiger partial charge in [-0.15, -0.1) is 0 Å². The number of aliphatic hydroxyl groups is 1. The van der Waals surface area contributed by atoms with Crippen molar-refractivity contribution in [1.29, 1.82) is 0 Å². The van der Waals surface area contributed by atoms with Gasteiger partial charge in [-0.3, -0.25) is 0 Å². The smallest absolute Gasteiger partial charge is 0.416 e. The molecule has 0 radical (unpaired) electrons. The zero-order chi connectivity index (χ0) is 18.8. The molecule has 6 heteroatoms. The lowest BCUT2D eigenvalue weighted by Gasteiger charge is -2.18. The number of ether oxygens (including phenoxy) is 1. The molecule has 0 saturated heterocycles. The third-order valence-electron chi connectivity index (χ3n) is 4.36. The van der Waals surface area contributed by atoms with Crippen LogP contribution in [0.25, 0.3) is 11.1 Å². The summed E-state index contributed by atoms with van der Waals surface area (Å²) in [5.41, 5.74) is 0.564. The normalized spacial score (nSPS) is 13.0. The largest absolute Gasteiger partial charge is 0.496 e. The molecule has 2 rings (SSSR count). The molecular weight excluding hydrogens is 336 g/mol. The number of methoxy groups -OCH3 is 1. The zero-order valence-corrected chi connectivity index (χ0v) is 14.2. The van der Waals surface area contributed by atoms with E-state index in [2.05, 4.69) is 0 Å². The highest BCUT2D eigenvalue weighted by Gasteiger charge is 2.31. The summed E-state index contributed by atoms with van der Waals surface area (Å²) in [6, 6.07) is 5.95. The maximum atomic E-state index is 14.3. The Kier molecular flexibility index (Phi) is 5.72. The second kappa shape index (κ2) is 7.44. The van der Waals surface area contributed by atoms with Crippen molar-refractivity contribution in [3.05, 3.63) is 52.8 Å². The number of hydrogen-bond acceptors (Lipinski definition) is 2. The predicted molar refractivity (Wildman–Crippen MR) is 88.0 cm³/mol. The molecule has 136 valence electrons. The van der Waals surface area contributed by atoms with Crippen molar-refractivity contribution in [1.82, 2.24) is 0 Å². The lowest BCUT2D eigenvalue weighted by molar-refractivity contribution is -0.137. The number of aliphatic hydroxyl groups excluding tert-OH is 1. The molecule has 25 heavy (non-hydrogen) atoms. The van der Waals surface area contributed by atoms with Gasteiger partial charge in [-0.25, -0.2) is 4.39 Å². The monoisotopic (exact) mass is 356 g/mol. The Morgan fingerprint density at radius 3 is 2.32 bits per heavy atom. The molecule has 1 unspecified atom stereocenters. The number of hydrogen-bond donors (Lipinski definition) is 1. The molecule has 0 aliphatic rings. The summed E-state index contributed by atoms with van der Waals surface area (Å²) in [6.07, 6.45) is -3.79. The van der Waals surface area contributed by atoms with Crippen molar-refractivity contribution >= 4 is 0 Å². The Hall–Kier alpha value is -2.08. The highest BCUT2D eigenvalue weighted by atomic mass is 19.4. The van der Waals surface area contributed by atoms with Crippen LogP contribution in [0.3, 0.4) is 0 Å². The minimum atomic E-state index is -4.50. The van der Waals surface area contributed by atoms with Crippen LogP contribution in [0.15, 0.2) is 30.3 Å². The van der Waals surface area contributed by atoms with Crippen molar-refractivity contribution < 1.29 is 27.4 Å². The molecule has 0 aromatic heterocycles. The highest BCUT2D eigenvalue weighted by Crippen LogP contribution is 2.39. The molecule has 2 nitrogen and oxygen atoms in total. The zero-order valence-electron chi connectivity index (χ0n) is 14.2. The van der Waals surface area contributed by atoms with Crippen molar-refractivity contribution in [3.8, 4) is 16.9 Å². The van der Waals surface area contributed by atoms with Crippen LogP contribution in [-0.4, -0.2) is 12.2 Å². The van der Waals surface area contributed by atoms with E-state index in [-0.39, 0.29) is 17.2 Å². The Labute approximate surface area is 144 Å². The standard InChI is InChI=1S/C19H20F4O2/c1-4-11(2)15-8-16(18(25-3)9-17(15)20)14-6-5-13(19(21,22)23)7-12(14)10-24/h5-9,11,24H,4,10H2,1-3H3. The van der Waals surface area contributed by atoms with E-state index in [0.717, 1.165) is 12.1 Å². The van der Waals surface area contributed by atoms with E-state index in [4.69, 9.17) is 4.74 Å². The first kappa shape index (κ1) is 19.2. The van der Waals surface area contributed by atoms with Crippen molar-refractivity contribution in [2.45, 2.75) is 39.0 Å². The van der Waals surface area contributed by atoms with Gasteiger partial charge in [-0.2, -0.15) is 13.2 Å². The van der Waals surface area contributed by atoms with E-state index in [1.807, 2.05) is 13.8 Å². The maximum Gasteiger partial charge on any atom is 0.416 e. The first-order chi connectivity index (χ1) is 11.7. The van der Waals surface area contributed by atoms with Crippen LogP contribution in [0.5, 0.6) is 5.75 Å². The Balaban J connectivity index is 2.68. The summed E-state index contributed by atoms with van der Waals surface area (Å²) < 4.78 is 58.2. The first-order valence-electron chi connectivity index (χ1n) is 7.91. The van der Waals surface area contributed by atoms with E-state index in [0.29, 0.717) is 23.1 Å². The fourth-order valence-corrected chi connectivity index (χ4v) is 2.71. The van der Waals surface area contributed by atoms with Gasteiger partial charge in [0, 0.05) is 11.6 Å². The Morgan fingerprint density at radius 2 is 1.80 bits per heavy atom. The molecule has 0 saturated carbocycles. The predicted octanol–water partition coefficient (Wildman–Crippen LogP) is 5.53.